The molecule has 0 aliphatic rings. The molecular weight excluding hydrogens is 280 g/mol. The van der Waals surface area contributed by atoms with Crippen LogP contribution >= 0.6 is 0 Å². The first-order chi connectivity index (χ1) is 10.5. The summed E-state index contributed by atoms with van der Waals surface area (Å²) in [6, 6.07) is 12.0. The van der Waals surface area contributed by atoms with Crippen molar-refractivity contribution in [3.63, 3.8) is 0 Å². The van der Waals surface area contributed by atoms with Gasteiger partial charge in [-0.15, -0.1) is 0 Å². The molecule has 0 aliphatic carbocycles. The van der Waals surface area contributed by atoms with Crippen LogP contribution in [0.5, 0.6) is 5.75 Å². The van der Waals surface area contributed by atoms with Crippen LogP contribution < -0.4 is 5.43 Å². The van der Waals surface area contributed by atoms with E-state index in [4.69, 9.17) is 4.42 Å². The van der Waals surface area contributed by atoms with E-state index < -0.39 is 0 Å². The number of ketones is 1. The van der Waals surface area contributed by atoms with Crippen LogP contribution in [0.1, 0.15) is 22.8 Å². The van der Waals surface area contributed by atoms with Crippen LogP contribution in [0.4, 0.5) is 0 Å². The first-order valence-electron chi connectivity index (χ1n) is 6.86. The monoisotopic (exact) mass is 294 g/mol. The van der Waals surface area contributed by atoms with Crippen molar-refractivity contribution in [3.05, 3.63) is 63.8 Å². The number of fused-ring (bicyclic) bond motifs is 1. The third-order valence-electron chi connectivity index (χ3n) is 3.65. The summed E-state index contributed by atoms with van der Waals surface area (Å²) in [7, 11) is 0. The molecule has 22 heavy (non-hydrogen) atoms. The third kappa shape index (κ3) is 2.09. The molecule has 0 unspecified atom stereocenters. The number of carbonyl (C=O) groups is 1. The molecule has 2 aromatic carbocycles. The molecule has 0 spiro atoms. The standard InChI is InChI=1S/C18H14O4/c1-10-16(21)13-8-9-14(20)15(11(2)19)18(13)22-17(10)12-6-4-3-5-7-12/h3-9,20H,1-2H3. The molecule has 1 N–H and O–H groups in total. The zero-order valence-electron chi connectivity index (χ0n) is 12.2. The average Bonchev–Trinajstić information content (AvgIpc) is 2.51. The highest BCUT2D eigenvalue weighted by Gasteiger charge is 2.19. The van der Waals surface area contributed by atoms with E-state index in [1.54, 1.807) is 6.92 Å². The van der Waals surface area contributed by atoms with Crippen LogP contribution in [0.15, 0.2) is 51.7 Å². The molecule has 4 nitrogen and oxygen atoms in total. The average molecular weight is 294 g/mol. The highest BCUT2D eigenvalue weighted by Crippen LogP contribution is 2.31. The predicted octanol–water partition coefficient (Wildman–Crippen LogP) is 3.68. The number of hydrogen-bond donors (Lipinski definition) is 1. The Hall–Kier alpha value is -2.88. The molecule has 3 rings (SSSR count). The SMILES string of the molecule is CC(=O)c1c(O)ccc2c(=O)c(C)c(-c3ccccc3)oc12. The predicted molar refractivity (Wildman–Crippen MR) is 84.3 cm³/mol. The van der Waals surface area contributed by atoms with Crippen molar-refractivity contribution < 1.29 is 14.3 Å². The Labute approximate surface area is 126 Å². The lowest BCUT2D eigenvalue weighted by molar-refractivity contribution is 0.101. The number of Topliss-reactive ketones (excluding diaryl/α,β-unsaturated/α-hetero) is 1. The van der Waals surface area contributed by atoms with Gasteiger partial charge in [0.25, 0.3) is 0 Å². The van der Waals surface area contributed by atoms with Crippen LogP contribution in [0.25, 0.3) is 22.3 Å². The fourth-order valence-corrected chi connectivity index (χ4v) is 2.55. The van der Waals surface area contributed by atoms with Crippen molar-refractivity contribution in [2.24, 2.45) is 0 Å². The van der Waals surface area contributed by atoms with Gasteiger partial charge in [-0.1, -0.05) is 30.3 Å². The normalized spacial score (nSPS) is 10.8. The molecule has 110 valence electrons. The molecule has 3 aromatic rings. The smallest absolute Gasteiger partial charge is 0.196 e. The number of benzene rings is 2. The first-order valence-corrected chi connectivity index (χ1v) is 6.86. The maximum atomic E-state index is 12.6. The molecule has 0 radical (unpaired) electrons. The molecular formula is C18H14O4. The van der Waals surface area contributed by atoms with Crippen molar-refractivity contribution in [1.82, 2.24) is 0 Å². The van der Waals surface area contributed by atoms with Crippen molar-refractivity contribution in [1.29, 1.82) is 0 Å². The van der Waals surface area contributed by atoms with Gasteiger partial charge in [-0.2, -0.15) is 0 Å². The number of phenols is 1. The van der Waals surface area contributed by atoms with Gasteiger partial charge < -0.3 is 9.52 Å². The van der Waals surface area contributed by atoms with Gasteiger partial charge in [0.1, 0.15) is 17.1 Å². The van der Waals surface area contributed by atoms with E-state index in [0.29, 0.717) is 16.7 Å². The summed E-state index contributed by atoms with van der Waals surface area (Å²) in [4.78, 5) is 24.4. The third-order valence-corrected chi connectivity index (χ3v) is 3.65. The number of aromatic hydroxyl groups is 1. The number of hydrogen-bond acceptors (Lipinski definition) is 4. The second kappa shape index (κ2) is 5.15. The number of rotatable bonds is 2. The molecule has 0 atom stereocenters. The highest BCUT2D eigenvalue weighted by atomic mass is 16.3. The highest BCUT2D eigenvalue weighted by molar-refractivity contribution is 6.07. The minimum absolute atomic E-state index is 0.0341. The van der Waals surface area contributed by atoms with Crippen molar-refractivity contribution in [2.45, 2.75) is 13.8 Å². The van der Waals surface area contributed by atoms with E-state index >= 15 is 0 Å². The van der Waals surface area contributed by atoms with Gasteiger partial charge >= 0.3 is 0 Å². The van der Waals surface area contributed by atoms with Gasteiger partial charge in [-0.05, 0) is 26.0 Å². The van der Waals surface area contributed by atoms with E-state index in [1.165, 1.54) is 19.1 Å². The Balaban J connectivity index is 2.47. The van der Waals surface area contributed by atoms with Gasteiger partial charge in [-0.3, -0.25) is 9.59 Å². The van der Waals surface area contributed by atoms with Gasteiger partial charge in [0, 0.05) is 11.1 Å². The lowest BCUT2D eigenvalue weighted by atomic mass is 10.0. The Kier molecular flexibility index (Phi) is 3.29. The summed E-state index contributed by atoms with van der Waals surface area (Å²) in [5.41, 5.74) is 1.17. The first kappa shape index (κ1) is 14.1. The van der Waals surface area contributed by atoms with E-state index in [-0.39, 0.29) is 28.1 Å². The van der Waals surface area contributed by atoms with E-state index in [9.17, 15) is 14.7 Å². The number of carbonyl (C=O) groups excluding carboxylic acids is 1. The molecule has 0 bridgehead atoms. The van der Waals surface area contributed by atoms with Crippen molar-refractivity contribution in [3.8, 4) is 17.1 Å². The van der Waals surface area contributed by atoms with Gasteiger partial charge in [0.05, 0.1) is 5.39 Å². The van der Waals surface area contributed by atoms with Gasteiger partial charge in [-0.25, -0.2) is 0 Å². The summed E-state index contributed by atoms with van der Waals surface area (Å²) in [6.07, 6.45) is 0. The van der Waals surface area contributed by atoms with Gasteiger partial charge in [0.2, 0.25) is 0 Å². The summed E-state index contributed by atoms with van der Waals surface area (Å²) in [6.45, 7) is 3.02. The fourth-order valence-electron chi connectivity index (χ4n) is 2.55. The largest absolute Gasteiger partial charge is 0.507 e. The lowest BCUT2D eigenvalue weighted by Gasteiger charge is -2.10. The molecule has 0 saturated heterocycles. The molecule has 4 heteroatoms. The van der Waals surface area contributed by atoms with Crippen molar-refractivity contribution >= 4 is 16.8 Å². The molecule has 0 fully saturated rings. The Morgan fingerprint density at radius 2 is 1.77 bits per heavy atom. The molecule has 1 heterocycles. The van der Waals surface area contributed by atoms with E-state index in [1.807, 2.05) is 30.3 Å². The number of phenolic OH excluding ortho intramolecular Hbond substituents is 1. The molecule has 0 amide bonds. The van der Waals surface area contributed by atoms with E-state index in [0.717, 1.165) is 5.56 Å². The second-order valence-corrected chi connectivity index (χ2v) is 5.14. The van der Waals surface area contributed by atoms with Crippen LogP contribution in [-0.2, 0) is 0 Å². The van der Waals surface area contributed by atoms with Crippen LogP contribution in [-0.4, -0.2) is 10.9 Å². The van der Waals surface area contributed by atoms with Crippen LogP contribution in [0.2, 0.25) is 0 Å². The Morgan fingerprint density at radius 3 is 2.41 bits per heavy atom. The Bertz CT molecular complexity index is 937. The van der Waals surface area contributed by atoms with Crippen molar-refractivity contribution in [2.75, 3.05) is 0 Å². The topological polar surface area (TPSA) is 67.5 Å². The maximum Gasteiger partial charge on any atom is 0.196 e. The summed E-state index contributed by atoms with van der Waals surface area (Å²) < 4.78 is 5.85. The van der Waals surface area contributed by atoms with Gasteiger partial charge in [0.15, 0.2) is 16.8 Å². The summed E-state index contributed by atoms with van der Waals surface area (Å²) >= 11 is 0. The lowest BCUT2D eigenvalue weighted by Crippen LogP contribution is -2.09. The quantitative estimate of drug-likeness (QED) is 0.732. The molecule has 0 saturated carbocycles. The summed E-state index contributed by atoms with van der Waals surface area (Å²) in [5.74, 6) is -0.133. The minimum atomic E-state index is -0.353. The molecule has 1 aromatic heterocycles. The minimum Gasteiger partial charge on any atom is -0.507 e. The van der Waals surface area contributed by atoms with Crippen LogP contribution in [0, 0.1) is 6.92 Å². The zero-order chi connectivity index (χ0) is 15.9. The Morgan fingerprint density at radius 1 is 1.09 bits per heavy atom. The zero-order valence-corrected chi connectivity index (χ0v) is 12.2. The maximum absolute atomic E-state index is 12.6. The molecule has 0 aliphatic heterocycles. The summed E-state index contributed by atoms with van der Waals surface area (Å²) in [5, 5.41) is 10.2. The van der Waals surface area contributed by atoms with Crippen LogP contribution in [0.3, 0.4) is 0 Å². The van der Waals surface area contributed by atoms with E-state index in [2.05, 4.69) is 0 Å². The second-order valence-electron chi connectivity index (χ2n) is 5.14. The fraction of sp³-hybridized carbons (Fsp3) is 0.111.